The second-order valence-corrected chi connectivity index (χ2v) is 6.70. The van der Waals surface area contributed by atoms with Crippen molar-refractivity contribution in [2.24, 2.45) is 0 Å². The standard InChI is InChI=1S/C18H25N3O4/c1-3-13-5-7-15(25-13)18(24)20-12-9-11(10-12)19-17(23)14-6-8-16(22)21(14)4-2/h5,7,11-12,14H,3-4,6,8-10H2,1-2H3,(H,19,23)(H,20,24). The molecular weight excluding hydrogens is 322 g/mol. The molecule has 25 heavy (non-hydrogen) atoms. The van der Waals surface area contributed by atoms with Crippen LogP contribution in [0.4, 0.5) is 0 Å². The first-order valence-corrected chi connectivity index (χ1v) is 9.01. The second kappa shape index (κ2) is 7.29. The lowest BCUT2D eigenvalue weighted by Gasteiger charge is -2.37. The van der Waals surface area contributed by atoms with Crippen LogP contribution in [0.1, 0.15) is 55.8 Å². The van der Waals surface area contributed by atoms with Gasteiger partial charge in [-0.25, -0.2) is 0 Å². The van der Waals surface area contributed by atoms with Crippen LogP contribution in [0.3, 0.4) is 0 Å². The molecule has 1 aliphatic carbocycles. The normalized spacial score (nSPS) is 25.6. The van der Waals surface area contributed by atoms with Crippen molar-refractivity contribution >= 4 is 17.7 Å². The molecule has 7 heteroatoms. The number of furan rings is 1. The van der Waals surface area contributed by atoms with Gasteiger partial charge in [-0.3, -0.25) is 14.4 Å². The first-order chi connectivity index (χ1) is 12.0. The number of likely N-dealkylation sites (N-methyl/N-ethyl adjacent to an activating group) is 1. The Morgan fingerprint density at radius 3 is 2.56 bits per heavy atom. The van der Waals surface area contributed by atoms with Gasteiger partial charge in [0, 0.05) is 31.5 Å². The molecule has 136 valence electrons. The van der Waals surface area contributed by atoms with Gasteiger partial charge in [0.25, 0.3) is 5.91 Å². The quantitative estimate of drug-likeness (QED) is 0.810. The molecule has 2 N–H and O–H groups in total. The number of nitrogens with zero attached hydrogens (tertiary/aromatic N) is 1. The molecule has 0 radical (unpaired) electrons. The number of carbonyl (C=O) groups excluding carboxylic acids is 3. The Hall–Kier alpha value is -2.31. The molecule has 0 bridgehead atoms. The van der Waals surface area contributed by atoms with E-state index < -0.39 is 0 Å². The Morgan fingerprint density at radius 1 is 1.20 bits per heavy atom. The van der Waals surface area contributed by atoms with Gasteiger partial charge in [0.2, 0.25) is 11.8 Å². The maximum absolute atomic E-state index is 12.3. The summed E-state index contributed by atoms with van der Waals surface area (Å²) < 4.78 is 5.44. The average molecular weight is 347 g/mol. The Balaban J connectivity index is 1.43. The average Bonchev–Trinajstić information content (AvgIpc) is 3.18. The van der Waals surface area contributed by atoms with Gasteiger partial charge in [-0.05, 0) is 38.3 Å². The van der Waals surface area contributed by atoms with E-state index in [9.17, 15) is 14.4 Å². The summed E-state index contributed by atoms with van der Waals surface area (Å²) >= 11 is 0. The number of aryl methyl sites for hydroxylation is 1. The molecule has 1 aliphatic heterocycles. The summed E-state index contributed by atoms with van der Waals surface area (Å²) in [5.41, 5.74) is 0. The van der Waals surface area contributed by atoms with E-state index in [2.05, 4.69) is 10.6 Å². The van der Waals surface area contributed by atoms with Gasteiger partial charge in [0.15, 0.2) is 5.76 Å². The third kappa shape index (κ3) is 3.70. The highest BCUT2D eigenvalue weighted by molar-refractivity contribution is 5.92. The summed E-state index contributed by atoms with van der Waals surface area (Å²) in [5, 5.41) is 5.91. The summed E-state index contributed by atoms with van der Waals surface area (Å²) in [6, 6.07) is 3.24. The molecule has 1 atom stereocenters. The first-order valence-electron chi connectivity index (χ1n) is 9.01. The number of hydrogen-bond acceptors (Lipinski definition) is 4. The zero-order chi connectivity index (χ0) is 18.0. The third-order valence-electron chi connectivity index (χ3n) is 5.03. The predicted octanol–water partition coefficient (Wildman–Crippen LogP) is 1.23. The Morgan fingerprint density at radius 2 is 1.92 bits per heavy atom. The molecule has 0 spiro atoms. The molecule has 1 saturated heterocycles. The molecule has 7 nitrogen and oxygen atoms in total. The summed E-state index contributed by atoms with van der Waals surface area (Å²) in [4.78, 5) is 37.8. The number of hydrogen-bond donors (Lipinski definition) is 2. The van der Waals surface area contributed by atoms with E-state index in [-0.39, 0.29) is 35.8 Å². The lowest BCUT2D eigenvalue weighted by atomic mass is 9.86. The number of likely N-dealkylation sites (tertiary alicyclic amines) is 1. The molecule has 0 aromatic carbocycles. The Labute approximate surface area is 147 Å². The smallest absolute Gasteiger partial charge is 0.287 e. The van der Waals surface area contributed by atoms with E-state index in [0.717, 1.165) is 12.2 Å². The van der Waals surface area contributed by atoms with Crippen molar-refractivity contribution in [3.05, 3.63) is 23.7 Å². The topological polar surface area (TPSA) is 91.7 Å². The molecule has 1 aromatic heterocycles. The fraction of sp³-hybridized carbons (Fsp3) is 0.611. The first kappa shape index (κ1) is 17.5. The minimum atomic E-state index is -0.346. The van der Waals surface area contributed by atoms with E-state index in [1.165, 1.54) is 0 Å². The Bertz CT molecular complexity index is 663. The van der Waals surface area contributed by atoms with E-state index in [1.54, 1.807) is 17.0 Å². The van der Waals surface area contributed by atoms with Crippen LogP contribution < -0.4 is 10.6 Å². The number of nitrogens with one attached hydrogen (secondary N) is 2. The third-order valence-corrected chi connectivity index (χ3v) is 5.03. The molecule has 1 saturated carbocycles. The SMILES string of the molecule is CCc1ccc(C(=O)NC2CC(NC(=O)C3CCC(=O)N3CC)C2)o1. The summed E-state index contributed by atoms with van der Waals surface area (Å²) in [6.45, 7) is 4.41. The predicted molar refractivity (Wildman–Crippen MR) is 90.9 cm³/mol. The summed E-state index contributed by atoms with van der Waals surface area (Å²) in [5.74, 6) is 0.864. The summed E-state index contributed by atoms with van der Waals surface area (Å²) in [7, 11) is 0. The molecule has 2 fully saturated rings. The molecule has 3 rings (SSSR count). The van der Waals surface area contributed by atoms with Gasteiger partial charge in [-0.15, -0.1) is 0 Å². The van der Waals surface area contributed by atoms with Crippen molar-refractivity contribution in [1.82, 2.24) is 15.5 Å². The molecular formula is C18H25N3O4. The van der Waals surface area contributed by atoms with Crippen molar-refractivity contribution in [3.8, 4) is 0 Å². The van der Waals surface area contributed by atoms with Crippen molar-refractivity contribution in [2.75, 3.05) is 6.54 Å². The maximum Gasteiger partial charge on any atom is 0.287 e. The van der Waals surface area contributed by atoms with Crippen molar-refractivity contribution in [3.63, 3.8) is 0 Å². The molecule has 3 amide bonds. The van der Waals surface area contributed by atoms with Gasteiger partial charge in [-0.1, -0.05) is 6.92 Å². The molecule has 2 heterocycles. The van der Waals surface area contributed by atoms with Gasteiger partial charge < -0.3 is 20.0 Å². The maximum atomic E-state index is 12.3. The second-order valence-electron chi connectivity index (χ2n) is 6.70. The van der Waals surface area contributed by atoms with Crippen LogP contribution in [-0.2, 0) is 16.0 Å². The fourth-order valence-corrected chi connectivity index (χ4v) is 3.50. The molecule has 1 aromatic rings. The van der Waals surface area contributed by atoms with Crippen LogP contribution in [0.25, 0.3) is 0 Å². The number of rotatable bonds is 6. The van der Waals surface area contributed by atoms with Gasteiger partial charge >= 0.3 is 0 Å². The van der Waals surface area contributed by atoms with Crippen LogP contribution in [0.2, 0.25) is 0 Å². The van der Waals surface area contributed by atoms with E-state index in [0.29, 0.717) is 38.0 Å². The highest BCUT2D eigenvalue weighted by Gasteiger charge is 2.38. The van der Waals surface area contributed by atoms with E-state index in [1.807, 2.05) is 13.8 Å². The van der Waals surface area contributed by atoms with Gasteiger partial charge in [-0.2, -0.15) is 0 Å². The van der Waals surface area contributed by atoms with E-state index in [4.69, 9.17) is 4.42 Å². The number of amides is 3. The Kier molecular flexibility index (Phi) is 5.11. The highest BCUT2D eigenvalue weighted by atomic mass is 16.3. The van der Waals surface area contributed by atoms with Crippen LogP contribution >= 0.6 is 0 Å². The monoisotopic (exact) mass is 347 g/mol. The fourth-order valence-electron chi connectivity index (χ4n) is 3.50. The van der Waals surface area contributed by atoms with E-state index >= 15 is 0 Å². The van der Waals surface area contributed by atoms with Gasteiger partial charge in [0.1, 0.15) is 11.8 Å². The van der Waals surface area contributed by atoms with Crippen molar-refractivity contribution < 1.29 is 18.8 Å². The lowest BCUT2D eigenvalue weighted by molar-refractivity contribution is -0.135. The van der Waals surface area contributed by atoms with Crippen LogP contribution in [-0.4, -0.2) is 47.3 Å². The zero-order valence-electron chi connectivity index (χ0n) is 14.7. The molecule has 1 unspecified atom stereocenters. The lowest BCUT2D eigenvalue weighted by Crippen LogP contribution is -2.56. The highest BCUT2D eigenvalue weighted by Crippen LogP contribution is 2.23. The van der Waals surface area contributed by atoms with Crippen molar-refractivity contribution in [2.45, 2.75) is 64.1 Å². The zero-order valence-corrected chi connectivity index (χ0v) is 14.7. The van der Waals surface area contributed by atoms with Crippen LogP contribution in [0, 0.1) is 0 Å². The van der Waals surface area contributed by atoms with Crippen LogP contribution in [0.5, 0.6) is 0 Å². The number of carbonyl (C=O) groups is 3. The largest absolute Gasteiger partial charge is 0.456 e. The molecule has 2 aliphatic rings. The van der Waals surface area contributed by atoms with Crippen LogP contribution in [0.15, 0.2) is 16.5 Å². The summed E-state index contributed by atoms with van der Waals surface area (Å²) in [6.07, 6.45) is 3.18. The minimum Gasteiger partial charge on any atom is -0.456 e. The van der Waals surface area contributed by atoms with Gasteiger partial charge in [0.05, 0.1) is 0 Å². The minimum absolute atomic E-state index is 0.0421. The van der Waals surface area contributed by atoms with Crippen molar-refractivity contribution in [1.29, 1.82) is 0 Å².